The van der Waals surface area contributed by atoms with Crippen LogP contribution in [0.25, 0.3) is 61.6 Å². The Balaban J connectivity index is 0.000000175. The van der Waals surface area contributed by atoms with Crippen molar-refractivity contribution >= 4 is 150 Å². The second kappa shape index (κ2) is 46.6. The molecule has 3 aromatic carbocycles. The second-order valence-corrected chi connectivity index (χ2v) is 45.4. The fourth-order valence-corrected chi connectivity index (χ4v) is 17.3. The number of ether oxygens (including phenoxy) is 2. The van der Waals surface area contributed by atoms with Crippen LogP contribution in [-0.4, -0.2) is 163 Å². The standard InChI is InChI=1S/C31H39N7O3.C26H31N7O.C18H23N5OS.C14H20N2O2.C9H12BrN.C9H12N4OS.2ClH/c1-19(2)37-27(39)23-17-32-28(35-26(23)38(37)25-11-9-10-24(34-25)30(3,4)5)33-22-13-12-20-14-15-36(18-21(20)16-22)29(40)41-31(6,7)8;1-16(2)32-24(34)20-15-28-25(29-19-10-9-17-11-12-27-14-18(17)13-19)31-23(20)33(32)22-8-6-7-21(30-22)26(3,4)5;1-11(2)22-16(24)12-10-19-17(25-6)21-15(12)23(22)14-9-7-8-13(20-14)18(3,4)5;1-14(2,3)18-13(17)16-7-6-10-4-5-12(15)8-11(10)9-16;1-9(2,3)7-5-4-6-8(10)11-7;1-5(2)13-8(14)6-4-10-9(15-3)11-7(6)12-13;;/h9-13,16-17,19H,14-15,18H2,1-8H3,(H,32,33,35);6-10,13,15-16,27H,11-12,14H2,1-5H3,(H,28,29,31);7-11H,1-6H3;4-5,8H,6-7,9,15H2,1-3H3;4-6H,1-3H3;4-5H,1-3H3,(H,10,11,12);2*1H. The van der Waals surface area contributed by atoms with Gasteiger partial charge in [0.1, 0.15) is 37.4 Å². The first-order valence-electron chi connectivity index (χ1n) is 48.6. The van der Waals surface area contributed by atoms with Crippen molar-refractivity contribution in [2.75, 3.05) is 48.5 Å². The Morgan fingerprint density at radius 2 is 0.774 bits per heavy atom. The molecule has 3 aliphatic heterocycles. The molecule has 778 valence electrons. The number of anilines is 5. The Kier molecular flexibility index (Phi) is 36.3. The number of nitrogen functional groups attached to an aromatic ring is 1. The van der Waals surface area contributed by atoms with Crippen molar-refractivity contribution in [1.82, 2.24) is 113 Å². The van der Waals surface area contributed by atoms with Gasteiger partial charge in [0.2, 0.25) is 11.9 Å². The first-order chi connectivity index (χ1) is 67.6. The van der Waals surface area contributed by atoms with Crippen LogP contribution in [0.2, 0.25) is 0 Å². The summed E-state index contributed by atoms with van der Waals surface area (Å²) in [5, 5.41) is 16.3. The molecule has 2 amide bonds. The summed E-state index contributed by atoms with van der Waals surface area (Å²) >= 11 is 6.25. The van der Waals surface area contributed by atoms with Gasteiger partial charge in [0, 0.05) is 143 Å². The lowest BCUT2D eigenvalue weighted by Crippen LogP contribution is -2.39. The summed E-state index contributed by atoms with van der Waals surface area (Å²) in [6, 6.07) is 41.8. The van der Waals surface area contributed by atoms with E-state index in [1.807, 2.05) is 222 Å². The first kappa shape index (κ1) is 114. The minimum Gasteiger partial charge on any atom is -0.444 e. The van der Waals surface area contributed by atoms with E-state index in [0.717, 1.165) is 87.9 Å². The largest absolute Gasteiger partial charge is 0.444 e. The van der Waals surface area contributed by atoms with E-state index in [1.165, 1.54) is 45.8 Å². The molecule has 34 nitrogen and oxygen atoms in total. The molecule has 15 heterocycles. The zero-order valence-corrected chi connectivity index (χ0v) is 93.7. The van der Waals surface area contributed by atoms with Crippen LogP contribution in [0.5, 0.6) is 0 Å². The molecule has 0 saturated heterocycles. The molecular weight excluding hydrogens is 1990 g/mol. The third kappa shape index (κ3) is 27.4. The number of pyridine rings is 4. The SMILES string of the molecule is CC(C)(C)OC(=O)N1CCc2ccc(N)cc2C1.CC(C)(C)c1cccc(Br)n1.CC(C)n1c(=O)c2cnc(Nc3ccc4c(c3)CN(C(=O)OC(C)(C)C)CC4)nc2n1-c1cccc(C(C)(C)C)n1.CC(C)n1c(=O)c2cnc(Nc3ccc4c(c3)CNCC4)nc2n1-c1cccc(C(C)(C)C)n1.CSc1ncc2c(=O)n(C(C)C)[nH]c2n1.CSc1ncc2c(=O)n(C(C)C)n(-c3cccc(C(C)(C)C)n3)c2n1.Cl.Cl. The molecule has 0 atom stereocenters. The number of rotatable bonds is 13. The predicted molar refractivity (Wildman–Crippen MR) is 594 cm³/mol. The quantitative estimate of drug-likeness (QED) is 0.0310. The van der Waals surface area contributed by atoms with Gasteiger partial charge < -0.3 is 41.0 Å². The first-order valence-corrected chi connectivity index (χ1v) is 51.8. The number of benzene rings is 3. The van der Waals surface area contributed by atoms with Gasteiger partial charge in [0.15, 0.2) is 50.4 Å². The normalized spacial score (nSPS) is 13.2. The molecule has 18 rings (SSSR count). The predicted octanol–water partition coefficient (Wildman–Crippen LogP) is 21.7. The van der Waals surface area contributed by atoms with Gasteiger partial charge in [-0.05, 0) is 269 Å². The lowest BCUT2D eigenvalue weighted by atomic mass is 9.92. The van der Waals surface area contributed by atoms with E-state index in [-0.39, 0.29) is 105 Å². The lowest BCUT2D eigenvalue weighted by molar-refractivity contribution is 0.0214. The van der Waals surface area contributed by atoms with Gasteiger partial charge in [-0.2, -0.15) is 9.97 Å². The number of hydrogen-bond acceptors (Lipinski definition) is 26. The van der Waals surface area contributed by atoms with Crippen molar-refractivity contribution in [1.29, 1.82) is 0 Å². The number of aromatic amines is 1. The Labute approximate surface area is 881 Å². The van der Waals surface area contributed by atoms with Crippen LogP contribution in [0.4, 0.5) is 38.5 Å². The zero-order chi connectivity index (χ0) is 105. The van der Waals surface area contributed by atoms with Gasteiger partial charge in [-0.1, -0.05) is 149 Å². The molecule has 0 saturated carbocycles. The van der Waals surface area contributed by atoms with Crippen LogP contribution in [0.3, 0.4) is 0 Å². The van der Waals surface area contributed by atoms with Crippen molar-refractivity contribution in [3.05, 3.63) is 254 Å². The lowest BCUT2D eigenvalue weighted by Gasteiger charge is -2.31. The molecule has 146 heavy (non-hydrogen) atoms. The Hall–Kier alpha value is -12.7. The number of aromatic nitrogens is 20. The maximum Gasteiger partial charge on any atom is 0.410 e. The van der Waals surface area contributed by atoms with Gasteiger partial charge in [-0.15, -0.1) is 24.8 Å². The fraction of sp³-hybridized carbons (Fsp3) is 0.439. The Morgan fingerprint density at radius 3 is 1.16 bits per heavy atom. The van der Waals surface area contributed by atoms with Crippen LogP contribution >= 0.6 is 64.3 Å². The second-order valence-electron chi connectivity index (χ2n) is 43.1. The number of H-pyrrole nitrogens is 1. The van der Waals surface area contributed by atoms with Gasteiger partial charge in [-0.25, -0.2) is 92.2 Å². The summed E-state index contributed by atoms with van der Waals surface area (Å²) in [6.07, 6.45) is 12.3. The molecule has 15 aromatic rings. The number of fused-ring (bicyclic) bond motifs is 7. The summed E-state index contributed by atoms with van der Waals surface area (Å²) in [7, 11) is 0. The number of nitrogens with two attached hydrogens (primary N) is 1. The number of nitrogens with one attached hydrogen (secondary N) is 4. The van der Waals surface area contributed by atoms with Gasteiger partial charge in [-0.3, -0.25) is 24.3 Å². The summed E-state index contributed by atoms with van der Waals surface area (Å²) in [5.41, 5.74) is 20.0. The van der Waals surface area contributed by atoms with E-state index in [1.54, 1.807) is 58.0 Å². The average molecular weight is 2130 g/mol. The highest BCUT2D eigenvalue weighted by Gasteiger charge is 2.32. The van der Waals surface area contributed by atoms with Crippen LogP contribution in [0.1, 0.15) is 260 Å². The van der Waals surface area contributed by atoms with Gasteiger partial charge in [0.05, 0.1) is 0 Å². The van der Waals surface area contributed by atoms with E-state index in [0.29, 0.717) is 110 Å². The molecule has 0 fully saturated rings. The van der Waals surface area contributed by atoms with Crippen molar-refractivity contribution in [3.63, 3.8) is 0 Å². The Bertz CT molecular complexity index is 7460. The molecule has 39 heteroatoms. The number of nitrogens with zero attached hydrogens (tertiary/aromatic N) is 21. The number of carbonyl (C=O) groups is 2. The van der Waals surface area contributed by atoms with Crippen LogP contribution < -0.4 is 43.9 Å². The highest BCUT2D eigenvalue weighted by atomic mass is 79.9. The molecular formula is C107H139BrCl2N26O8S2. The number of halogens is 3. The van der Waals surface area contributed by atoms with E-state index in [9.17, 15) is 28.8 Å². The van der Waals surface area contributed by atoms with Gasteiger partial charge in [0.25, 0.3) is 22.2 Å². The fourth-order valence-electron chi connectivity index (χ4n) is 16.3. The van der Waals surface area contributed by atoms with Gasteiger partial charge >= 0.3 is 12.2 Å². The van der Waals surface area contributed by atoms with Crippen LogP contribution in [0.15, 0.2) is 186 Å². The molecule has 0 radical (unpaired) electrons. The van der Waals surface area contributed by atoms with E-state index in [4.69, 9.17) is 40.1 Å². The number of amides is 2. The van der Waals surface area contributed by atoms with Crippen LogP contribution in [0, 0.1) is 0 Å². The number of hydrogen-bond donors (Lipinski definition) is 5. The summed E-state index contributed by atoms with van der Waals surface area (Å²) in [5.74, 6) is 2.78. The maximum atomic E-state index is 13.4. The average Bonchev–Trinajstić information content (AvgIpc) is 1.60. The van der Waals surface area contributed by atoms with E-state index >= 15 is 0 Å². The van der Waals surface area contributed by atoms with E-state index < -0.39 is 11.2 Å². The summed E-state index contributed by atoms with van der Waals surface area (Å²) in [4.78, 5) is 134. The summed E-state index contributed by atoms with van der Waals surface area (Å²) in [6.45, 7) is 56.7. The molecule has 3 aliphatic rings. The Morgan fingerprint density at radius 1 is 0.411 bits per heavy atom. The highest BCUT2D eigenvalue weighted by Crippen LogP contribution is 2.34. The molecule has 12 aromatic heterocycles. The molecule has 0 unspecified atom stereocenters. The van der Waals surface area contributed by atoms with Crippen molar-refractivity contribution < 1.29 is 19.1 Å². The minimum absolute atomic E-state index is 0. The molecule has 0 bridgehead atoms. The van der Waals surface area contributed by atoms with Crippen molar-refractivity contribution in [3.8, 4) is 17.5 Å². The van der Waals surface area contributed by atoms with Crippen molar-refractivity contribution in [2.45, 2.75) is 286 Å². The third-order valence-electron chi connectivity index (χ3n) is 23.7. The highest BCUT2D eigenvalue weighted by molar-refractivity contribution is 9.10. The van der Waals surface area contributed by atoms with E-state index in [2.05, 4.69) is 179 Å². The molecule has 6 N–H and O–H groups in total. The van der Waals surface area contributed by atoms with Crippen LogP contribution in [-0.2, 0) is 70.0 Å². The van der Waals surface area contributed by atoms with Crippen molar-refractivity contribution in [2.24, 2.45) is 0 Å². The topological polar surface area (TPSA) is 394 Å². The molecule has 0 aliphatic carbocycles. The number of thioether (sulfide) groups is 2. The molecule has 0 spiro atoms. The number of carbonyl (C=O) groups excluding carboxylic acids is 2. The maximum absolute atomic E-state index is 13.4. The smallest absolute Gasteiger partial charge is 0.410 e. The minimum atomic E-state index is -0.546. The third-order valence-corrected chi connectivity index (χ3v) is 25.2. The monoisotopic (exact) mass is 2130 g/mol. The summed E-state index contributed by atoms with van der Waals surface area (Å²) < 4.78 is 23.9. The zero-order valence-electron chi connectivity index (χ0n) is 88.9.